The number of nitrogens with one attached hydrogen (secondary N) is 1. The van der Waals surface area contributed by atoms with Gasteiger partial charge in [-0.15, -0.1) is 0 Å². The van der Waals surface area contributed by atoms with Gasteiger partial charge in [-0.1, -0.05) is 24.3 Å². The monoisotopic (exact) mass is 397 g/mol. The molecular weight excluding hydrogens is 369 g/mol. The number of hydrogen-bond donors (Lipinski definition) is 1. The van der Waals surface area contributed by atoms with Crippen LogP contribution in [0.5, 0.6) is 0 Å². The van der Waals surface area contributed by atoms with Crippen LogP contribution in [0.4, 0.5) is 10.1 Å². The second-order valence-electron chi connectivity index (χ2n) is 7.58. The van der Waals surface area contributed by atoms with Gasteiger partial charge in [0.25, 0.3) is 0 Å². The molecule has 0 unspecified atom stereocenters. The summed E-state index contributed by atoms with van der Waals surface area (Å²) in [5, 5.41) is 2.98. The van der Waals surface area contributed by atoms with Crippen molar-refractivity contribution in [2.24, 2.45) is 0 Å². The number of aryl methyl sites for hydroxylation is 2. The molecule has 1 saturated heterocycles. The molecule has 0 aliphatic carbocycles. The summed E-state index contributed by atoms with van der Waals surface area (Å²) < 4.78 is 13.2. The predicted octanol–water partition coefficient (Wildman–Crippen LogP) is 3.16. The lowest BCUT2D eigenvalue weighted by Crippen LogP contribution is -2.50. The highest BCUT2D eigenvalue weighted by Gasteiger charge is 2.22. The van der Waals surface area contributed by atoms with E-state index in [-0.39, 0.29) is 17.6 Å². The van der Waals surface area contributed by atoms with Crippen molar-refractivity contribution in [2.45, 2.75) is 26.7 Å². The number of anilines is 1. The summed E-state index contributed by atoms with van der Waals surface area (Å²) >= 11 is 0. The van der Waals surface area contributed by atoms with E-state index in [1.54, 1.807) is 6.07 Å². The number of nitrogens with zero attached hydrogens (tertiary/aromatic N) is 2. The Hall–Kier alpha value is -2.73. The third kappa shape index (κ3) is 5.87. The zero-order chi connectivity index (χ0) is 20.8. The standard InChI is InChI=1S/C23H28FN3O2/c1-17-5-3-8-21(18(17)2)25-22(28)16-26-11-13-27(14-12-26)23(29)10-9-19-6-4-7-20(24)15-19/h3-8,15H,9-14,16H2,1-2H3,(H,25,28). The van der Waals surface area contributed by atoms with Gasteiger partial charge in [0.1, 0.15) is 5.82 Å². The van der Waals surface area contributed by atoms with E-state index in [2.05, 4.69) is 10.2 Å². The van der Waals surface area contributed by atoms with Crippen molar-refractivity contribution in [3.05, 3.63) is 65.0 Å². The van der Waals surface area contributed by atoms with E-state index in [1.165, 1.54) is 12.1 Å². The highest BCUT2D eigenvalue weighted by Crippen LogP contribution is 2.18. The first-order chi connectivity index (χ1) is 13.9. The first-order valence-corrected chi connectivity index (χ1v) is 10.0. The Morgan fingerprint density at radius 1 is 1.03 bits per heavy atom. The lowest BCUT2D eigenvalue weighted by Gasteiger charge is -2.34. The SMILES string of the molecule is Cc1cccc(NC(=O)CN2CCN(C(=O)CCc3cccc(F)c3)CC2)c1C. The molecule has 6 heteroatoms. The second kappa shape index (κ2) is 9.65. The van der Waals surface area contributed by atoms with Crippen LogP contribution in [0.25, 0.3) is 0 Å². The van der Waals surface area contributed by atoms with E-state index in [0.717, 1.165) is 22.4 Å². The van der Waals surface area contributed by atoms with E-state index in [0.29, 0.717) is 45.6 Å². The van der Waals surface area contributed by atoms with Crippen molar-refractivity contribution in [3.63, 3.8) is 0 Å². The molecule has 29 heavy (non-hydrogen) atoms. The number of carbonyl (C=O) groups excluding carboxylic acids is 2. The third-order valence-corrected chi connectivity index (χ3v) is 5.49. The molecule has 0 aromatic heterocycles. The van der Waals surface area contributed by atoms with E-state index in [9.17, 15) is 14.0 Å². The molecule has 2 aromatic carbocycles. The Bertz CT molecular complexity index is 876. The molecule has 1 N–H and O–H groups in total. The van der Waals surface area contributed by atoms with E-state index in [1.807, 2.05) is 43.0 Å². The van der Waals surface area contributed by atoms with Crippen LogP contribution in [0.15, 0.2) is 42.5 Å². The van der Waals surface area contributed by atoms with Crippen LogP contribution in [-0.2, 0) is 16.0 Å². The van der Waals surface area contributed by atoms with Crippen LogP contribution >= 0.6 is 0 Å². The molecule has 0 radical (unpaired) electrons. The molecule has 1 heterocycles. The fraction of sp³-hybridized carbons (Fsp3) is 0.391. The maximum Gasteiger partial charge on any atom is 0.238 e. The smallest absolute Gasteiger partial charge is 0.238 e. The van der Waals surface area contributed by atoms with Gasteiger partial charge >= 0.3 is 0 Å². The molecule has 0 spiro atoms. The molecule has 5 nitrogen and oxygen atoms in total. The summed E-state index contributed by atoms with van der Waals surface area (Å²) in [6.07, 6.45) is 0.908. The van der Waals surface area contributed by atoms with Crippen LogP contribution in [0, 0.1) is 19.7 Å². The Kier molecular flexibility index (Phi) is 6.99. The Balaban J connectivity index is 1.42. The normalized spacial score (nSPS) is 14.7. The minimum absolute atomic E-state index is 0.0374. The molecule has 3 rings (SSSR count). The molecule has 2 aromatic rings. The lowest BCUT2D eigenvalue weighted by atomic mass is 10.1. The summed E-state index contributed by atoms with van der Waals surface area (Å²) in [5.74, 6) is -0.235. The quantitative estimate of drug-likeness (QED) is 0.815. The fourth-order valence-corrected chi connectivity index (χ4v) is 3.54. The molecular formula is C23H28FN3O2. The summed E-state index contributed by atoms with van der Waals surface area (Å²) in [5.41, 5.74) is 3.91. The zero-order valence-electron chi connectivity index (χ0n) is 17.1. The average molecular weight is 397 g/mol. The first kappa shape index (κ1) is 21.0. The molecule has 154 valence electrons. The largest absolute Gasteiger partial charge is 0.340 e. The minimum Gasteiger partial charge on any atom is -0.340 e. The van der Waals surface area contributed by atoms with Crippen molar-refractivity contribution >= 4 is 17.5 Å². The topological polar surface area (TPSA) is 52.7 Å². The number of rotatable bonds is 6. The maximum atomic E-state index is 13.2. The number of amides is 2. The van der Waals surface area contributed by atoms with Gasteiger partial charge < -0.3 is 10.2 Å². The van der Waals surface area contributed by atoms with Crippen molar-refractivity contribution in [1.82, 2.24) is 9.80 Å². The molecule has 0 atom stereocenters. The van der Waals surface area contributed by atoms with E-state index in [4.69, 9.17) is 0 Å². The van der Waals surface area contributed by atoms with Crippen LogP contribution < -0.4 is 5.32 Å². The van der Waals surface area contributed by atoms with Crippen molar-refractivity contribution < 1.29 is 14.0 Å². The lowest BCUT2D eigenvalue weighted by molar-refractivity contribution is -0.133. The van der Waals surface area contributed by atoms with Crippen molar-refractivity contribution in [1.29, 1.82) is 0 Å². The molecule has 1 aliphatic heterocycles. The van der Waals surface area contributed by atoms with Gasteiger partial charge in [-0.3, -0.25) is 14.5 Å². The minimum atomic E-state index is -0.275. The van der Waals surface area contributed by atoms with Crippen LogP contribution in [0.3, 0.4) is 0 Å². The van der Waals surface area contributed by atoms with Crippen molar-refractivity contribution in [2.75, 3.05) is 38.0 Å². The average Bonchev–Trinajstić information content (AvgIpc) is 2.70. The second-order valence-corrected chi connectivity index (χ2v) is 7.58. The van der Waals surface area contributed by atoms with Crippen LogP contribution in [0.2, 0.25) is 0 Å². The predicted molar refractivity (Wildman–Crippen MR) is 112 cm³/mol. The number of benzene rings is 2. The summed E-state index contributed by atoms with van der Waals surface area (Å²) in [4.78, 5) is 28.7. The number of carbonyl (C=O) groups is 2. The molecule has 1 aliphatic rings. The number of halogens is 1. The fourth-order valence-electron chi connectivity index (χ4n) is 3.54. The Morgan fingerprint density at radius 3 is 2.48 bits per heavy atom. The van der Waals surface area contributed by atoms with Crippen molar-refractivity contribution in [3.8, 4) is 0 Å². The van der Waals surface area contributed by atoms with Gasteiger partial charge in [0.2, 0.25) is 11.8 Å². The summed E-state index contributed by atoms with van der Waals surface area (Å²) in [6, 6.07) is 12.2. The van der Waals surface area contributed by atoms with E-state index < -0.39 is 0 Å². The van der Waals surface area contributed by atoms with Gasteiger partial charge in [0.05, 0.1) is 6.54 Å². The molecule has 1 fully saturated rings. The molecule has 0 bridgehead atoms. The summed E-state index contributed by atoms with van der Waals surface area (Å²) in [7, 11) is 0. The zero-order valence-corrected chi connectivity index (χ0v) is 17.1. The molecule has 0 saturated carbocycles. The Labute approximate surface area is 171 Å². The van der Waals surface area contributed by atoms with Crippen LogP contribution in [0.1, 0.15) is 23.1 Å². The summed E-state index contributed by atoms with van der Waals surface area (Å²) in [6.45, 7) is 6.91. The third-order valence-electron chi connectivity index (χ3n) is 5.49. The first-order valence-electron chi connectivity index (χ1n) is 10.0. The highest BCUT2D eigenvalue weighted by atomic mass is 19.1. The number of piperazine rings is 1. The van der Waals surface area contributed by atoms with E-state index >= 15 is 0 Å². The van der Waals surface area contributed by atoms with Gasteiger partial charge in [-0.25, -0.2) is 4.39 Å². The Morgan fingerprint density at radius 2 is 1.76 bits per heavy atom. The maximum absolute atomic E-state index is 13.2. The number of hydrogen-bond acceptors (Lipinski definition) is 3. The van der Waals surface area contributed by atoms with Gasteiger partial charge in [-0.05, 0) is 55.2 Å². The molecule has 2 amide bonds. The van der Waals surface area contributed by atoms with Gasteiger partial charge in [0, 0.05) is 38.3 Å². The van der Waals surface area contributed by atoms with Crippen LogP contribution in [-0.4, -0.2) is 54.3 Å². The highest BCUT2D eigenvalue weighted by molar-refractivity contribution is 5.93. The van der Waals surface area contributed by atoms with Gasteiger partial charge in [0.15, 0.2) is 0 Å². The van der Waals surface area contributed by atoms with Gasteiger partial charge in [-0.2, -0.15) is 0 Å².